The Morgan fingerprint density at radius 1 is 1.07 bits per heavy atom. The highest BCUT2D eigenvalue weighted by molar-refractivity contribution is 6.56. The zero-order valence-corrected chi connectivity index (χ0v) is 25.8. The molecule has 11 nitrogen and oxygen atoms in total. The molecule has 0 saturated carbocycles. The quantitative estimate of drug-likeness (QED) is 0.238. The number of alkyl halides is 3. The van der Waals surface area contributed by atoms with Crippen LogP contribution in [0.5, 0.6) is 5.75 Å². The number of carbonyl (C=O) groups is 2. The number of aliphatic imine (C=N–C) groups is 1. The van der Waals surface area contributed by atoms with Crippen molar-refractivity contribution in [2.45, 2.75) is 52.1 Å². The Bertz CT molecular complexity index is 1470. The van der Waals surface area contributed by atoms with E-state index < -0.39 is 29.7 Å². The molecule has 0 aromatic heterocycles. The van der Waals surface area contributed by atoms with Crippen LogP contribution in [-0.2, 0) is 20.8 Å². The first-order valence-electron chi connectivity index (χ1n) is 13.8. The molecule has 0 spiro atoms. The number of fused-ring (bicyclic) bond motifs is 1. The van der Waals surface area contributed by atoms with Gasteiger partial charge in [-0.3, -0.25) is 10.2 Å². The molecule has 0 bridgehead atoms. The van der Waals surface area contributed by atoms with E-state index in [9.17, 15) is 22.8 Å². The summed E-state index contributed by atoms with van der Waals surface area (Å²) in [7, 11) is 0. The van der Waals surface area contributed by atoms with E-state index in [0.29, 0.717) is 41.8 Å². The van der Waals surface area contributed by atoms with E-state index >= 15 is 0 Å². The zero-order valence-electron chi connectivity index (χ0n) is 25.0. The molecular weight excluding hydrogens is 619 g/mol. The van der Waals surface area contributed by atoms with Gasteiger partial charge in [0, 0.05) is 42.6 Å². The summed E-state index contributed by atoms with van der Waals surface area (Å²) < 4.78 is 58.4. The molecule has 2 aromatic rings. The lowest BCUT2D eigenvalue weighted by Crippen LogP contribution is -2.37. The number of nitrogens with one attached hydrogen (secondary N) is 1. The van der Waals surface area contributed by atoms with Gasteiger partial charge >= 0.3 is 12.5 Å². The number of benzene rings is 2. The molecule has 1 aliphatic heterocycles. The van der Waals surface area contributed by atoms with Crippen LogP contribution in [0.1, 0.15) is 55.1 Å². The van der Waals surface area contributed by atoms with E-state index in [4.69, 9.17) is 42.7 Å². The summed E-state index contributed by atoms with van der Waals surface area (Å²) in [5, 5.41) is 8.13. The normalized spacial score (nSPS) is 14.1. The van der Waals surface area contributed by atoms with E-state index in [2.05, 4.69) is 9.73 Å². The van der Waals surface area contributed by atoms with Gasteiger partial charge in [0.05, 0.1) is 17.3 Å². The molecular formula is C30H35ClF3N5O6. The standard InChI is InChI=1S/C30H35ClF3N5O6/c1-29(2,3)45-28(41)39(17-18-6-9-24(22(31)14-18)44-30(32,33)34)10-4-5-11-42-12-13-43-27-25(36)21(16-35)20-8-7-19(26(37)40)15-23(20)38-27/h6-9,14-16,36H,4-5,10-13,17,35H2,1-3H3,(H2,37,40)/b21-16-,36-25?. The van der Waals surface area contributed by atoms with Gasteiger partial charge in [0.15, 0.2) is 0 Å². The van der Waals surface area contributed by atoms with Gasteiger partial charge in [0.2, 0.25) is 11.8 Å². The molecule has 1 aliphatic rings. The van der Waals surface area contributed by atoms with Gasteiger partial charge in [-0.2, -0.15) is 0 Å². The zero-order chi connectivity index (χ0) is 33.4. The highest BCUT2D eigenvalue weighted by atomic mass is 35.5. The average molecular weight is 654 g/mol. The molecule has 0 saturated heterocycles. The van der Waals surface area contributed by atoms with Gasteiger partial charge in [-0.1, -0.05) is 23.7 Å². The van der Waals surface area contributed by atoms with Gasteiger partial charge in [-0.15, -0.1) is 13.2 Å². The fraction of sp³-hybridized carbons (Fsp3) is 0.400. The third-order valence-electron chi connectivity index (χ3n) is 6.12. The first-order valence-corrected chi connectivity index (χ1v) is 14.2. The van der Waals surface area contributed by atoms with Crippen LogP contribution < -0.4 is 16.2 Å². The van der Waals surface area contributed by atoms with Gasteiger partial charge in [0.1, 0.15) is 23.7 Å². The molecule has 45 heavy (non-hydrogen) atoms. The fourth-order valence-electron chi connectivity index (χ4n) is 4.14. The molecule has 15 heteroatoms. The van der Waals surface area contributed by atoms with E-state index in [-0.39, 0.29) is 48.5 Å². The first kappa shape index (κ1) is 35.2. The SMILES string of the molecule is CC(C)(C)OC(=O)N(CCCCOCCOC1=Nc2cc(C(N)=O)ccc2/C(=C/N)C1=N)Cc1ccc(OC(F)(F)F)c(Cl)c1. The predicted molar refractivity (Wildman–Crippen MR) is 163 cm³/mol. The molecule has 2 amide bonds. The Morgan fingerprint density at radius 3 is 2.42 bits per heavy atom. The second-order valence-electron chi connectivity index (χ2n) is 10.9. The number of hydrogen-bond acceptors (Lipinski definition) is 9. The lowest BCUT2D eigenvalue weighted by atomic mass is 9.96. The molecule has 2 aromatic carbocycles. The van der Waals surface area contributed by atoms with Crippen molar-refractivity contribution in [2.24, 2.45) is 16.5 Å². The first-order chi connectivity index (χ1) is 21.1. The Balaban J connectivity index is 1.50. The molecule has 1 heterocycles. The van der Waals surface area contributed by atoms with Crippen molar-refractivity contribution in [1.29, 1.82) is 5.41 Å². The van der Waals surface area contributed by atoms with Crippen LogP contribution in [0.4, 0.5) is 23.7 Å². The van der Waals surface area contributed by atoms with Crippen molar-refractivity contribution in [3.8, 4) is 5.75 Å². The van der Waals surface area contributed by atoms with Gasteiger partial charge < -0.3 is 35.3 Å². The highest BCUT2D eigenvalue weighted by Crippen LogP contribution is 2.33. The minimum absolute atomic E-state index is 0.0112. The fourth-order valence-corrected chi connectivity index (χ4v) is 4.38. The van der Waals surface area contributed by atoms with E-state index in [1.807, 2.05) is 0 Å². The molecule has 244 valence electrons. The molecule has 0 atom stereocenters. The summed E-state index contributed by atoms with van der Waals surface area (Å²) in [6.07, 6.45) is -3.10. The number of hydrogen-bond donors (Lipinski definition) is 3. The summed E-state index contributed by atoms with van der Waals surface area (Å²) in [4.78, 5) is 30.2. The minimum Gasteiger partial charge on any atom is -0.474 e. The summed E-state index contributed by atoms with van der Waals surface area (Å²) in [5.74, 6) is -1.13. The number of nitrogens with two attached hydrogens (primary N) is 2. The molecule has 0 radical (unpaired) electrons. The van der Waals surface area contributed by atoms with E-state index in [0.717, 1.165) is 6.07 Å². The van der Waals surface area contributed by atoms with Gasteiger partial charge in [0.25, 0.3) is 0 Å². The maximum atomic E-state index is 12.8. The van der Waals surface area contributed by atoms with Crippen LogP contribution >= 0.6 is 11.6 Å². The van der Waals surface area contributed by atoms with Crippen molar-refractivity contribution >= 4 is 46.5 Å². The van der Waals surface area contributed by atoms with E-state index in [1.54, 1.807) is 26.8 Å². The van der Waals surface area contributed by atoms with Gasteiger partial charge in [-0.05, 0) is 63.4 Å². The van der Waals surface area contributed by atoms with Crippen LogP contribution in [0.25, 0.3) is 5.57 Å². The summed E-state index contributed by atoms with van der Waals surface area (Å²) in [6, 6.07) is 8.45. The van der Waals surface area contributed by atoms with Crippen LogP contribution in [0, 0.1) is 5.41 Å². The molecule has 5 N–H and O–H groups in total. The lowest BCUT2D eigenvalue weighted by Gasteiger charge is -2.27. The largest absolute Gasteiger partial charge is 0.573 e. The minimum atomic E-state index is -4.88. The molecule has 0 unspecified atom stereocenters. The number of nitrogens with zero attached hydrogens (tertiary/aromatic N) is 2. The highest BCUT2D eigenvalue weighted by Gasteiger charge is 2.32. The van der Waals surface area contributed by atoms with Crippen molar-refractivity contribution in [2.75, 3.05) is 26.4 Å². The number of carbonyl (C=O) groups excluding carboxylic acids is 2. The molecule has 0 fully saturated rings. The van der Waals surface area contributed by atoms with Crippen molar-refractivity contribution < 1.29 is 41.7 Å². The molecule has 0 aliphatic carbocycles. The maximum Gasteiger partial charge on any atom is 0.573 e. The summed E-state index contributed by atoms with van der Waals surface area (Å²) >= 11 is 5.97. The van der Waals surface area contributed by atoms with Crippen LogP contribution in [0.2, 0.25) is 5.02 Å². The Hall–Kier alpha value is -4.30. The van der Waals surface area contributed by atoms with Crippen molar-refractivity contribution in [1.82, 2.24) is 4.90 Å². The van der Waals surface area contributed by atoms with Crippen LogP contribution in [-0.4, -0.2) is 66.8 Å². The van der Waals surface area contributed by atoms with Crippen LogP contribution in [0.15, 0.2) is 47.6 Å². The molecule has 3 rings (SSSR count). The van der Waals surface area contributed by atoms with E-state index in [1.165, 1.54) is 35.4 Å². The Labute approximate surface area is 263 Å². The Morgan fingerprint density at radius 2 is 1.80 bits per heavy atom. The summed E-state index contributed by atoms with van der Waals surface area (Å²) in [5.41, 5.74) is 12.4. The predicted octanol–water partition coefficient (Wildman–Crippen LogP) is 5.95. The second-order valence-corrected chi connectivity index (χ2v) is 11.3. The number of primary amides is 1. The average Bonchev–Trinajstić information content (AvgIpc) is 2.93. The smallest absolute Gasteiger partial charge is 0.474 e. The van der Waals surface area contributed by atoms with Crippen molar-refractivity contribution in [3.05, 3.63) is 64.3 Å². The Kier molecular flexibility index (Phi) is 11.8. The lowest BCUT2D eigenvalue weighted by molar-refractivity contribution is -0.274. The number of ether oxygens (including phenoxy) is 4. The number of amides is 2. The third-order valence-corrected chi connectivity index (χ3v) is 6.42. The summed E-state index contributed by atoms with van der Waals surface area (Å²) in [6.45, 7) is 6.11. The second kappa shape index (κ2) is 15.1. The topological polar surface area (TPSA) is 163 Å². The monoisotopic (exact) mass is 653 g/mol. The van der Waals surface area contributed by atoms with Crippen LogP contribution in [0.3, 0.4) is 0 Å². The van der Waals surface area contributed by atoms with Crippen molar-refractivity contribution in [3.63, 3.8) is 0 Å². The number of unbranched alkanes of at least 4 members (excludes halogenated alkanes) is 1. The maximum absolute atomic E-state index is 12.8. The number of rotatable bonds is 12. The van der Waals surface area contributed by atoms with Gasteiger partial charge in [-0.25, -0.2) is 9.79 Å². The number of halogens is 4. The third kappa shape index (κ3) is 10.7.